The van der Waals surface area contributed by atoms with E-state index in [2.05, 4.69) is 10.3 Å². The Labute approximate surface area is 163 Å². The van der Waals surface area contributed by atoms with Gasteiger partial charge >= 0.3 is 0 Å². The quantitative estimate of drug-likeness (QED) is 0.854. The van der Waals surface area contributed by atoms with Gasteiger partial charge in [-0.1, -0.05) is 29.3 Å². The van der Waals surface area contributed by atoms with Crippen molar-refractivity contribution < 1.29 is 4.79 Å². The van der Waals surface area contributed by atoms with Crippen LogP contribution in [-0.4, -0.2) is 40.0 Å². The van der Waals surface area contributed by atoms with Crippen LogP contribution in [0.5, 0.6) is 0 Å². The number of aromatic nitrogens is 2. The van der Waals surface area contributed by atoms with Crippen LogP contribution in [0.3, 0.4) is 0 Å². The number of imidazole rings is 1. The number of halogens is 3. The Balaban J connectivity index is 0.00000225. The molecular weight excluding hydrogens is 383 g/mol. The summed E-state index contributed by atoms with van der Waals surface area (Å²) in [6, 6.07) is 5.28. The van der Waals surface area contributed by atoms with E-state index in [0.29, 0.717) is 23.1 Å². The predicted molar refractivity (Wildman–Crippen MR) is 103 cm³/mol. The molecule has 0 saturated carbocycles. The van der Waals surface area contributed by atoms with Gasteiger partial charge in [-0.3, -0.25) is 4.79 Å². The van der Waals surface area contributed by atoms with Crippen LogP contribution in [0.2, 0.25) is 10.0 Å². The summed E-state index contributed by atoms with van der Waals surface area (Å²) in [5.74, 6) is 0.667. The highest BCUT2D eigenvalue weighted by atomic mass is 35.5. The van der Waals surface area contributed by atoms with E-state index in [4.69, 9.17) is 23.2 Å². The average Bonchev–Trinajstić information content (AvgIpc) is 3.02. The van der Waals surface area contributed by atoms with Crippen LogP contribution in [0, 0.1) is 0 Å². The first kappa shape index (κ1) is 20.0. The van der Waals surface area contributed by atoms with Gasteiger partial charge in [-0.05, 0) is 24.6 Å². The molecule has 1 fully saturated rings. The number of nitrogens with zero attached hydrogens (tertiary/aromatic N) is 3. The van der Waals surface area contributed by atoms with Crippen molar-refractivity contribution in [3.63, 3.8) is 0 Å². The molecule has 1 aromatic carbocycles. The lowest BCUT2D eigenvalue weighted by molar-refractivity contribution is -0.136. The van der Waals surface area contributed by atoms with Gasteiger partial charge in [-0.2, -0.15) is 0 Å². The zero-order chi connectivity index (χ0) is 17.3. The first-order chi connectivity index (χ1) is 11.5. The molecule has 1 N–H and O–H groups in total. The fourth-order valence-corrected chi connectivity index (χ4v) is 3.38. The second kappa shape index (κ2) is 8.41. The summed E-state index contributed by atoms with van der Waals surface area (Å²) in [5.41, 5.74) is 0.867. The number of hydrogen-bond donors (Lipinski definition) is 1. The molecule has 8 heteroatoms. The molecule has 136 valence electrons. The molecule has 1 amide bonds. The highest BCUT2D eigenvalue weighted by Gasteiger charge is 2.33. The van der Waals surface area contributed by atoms with Crippen molar-refractivity contribution in [3.05, 3.63) is 52.0 Å². The lowest BCUT2D eigenvalue weighted by Crippen LogP contribution is -2.50. The van der Waals surface area contributed by atoms with E-state index in [-0.39, 0.29) is 30.3 Å². The topological polar surface area (TPSA) is 50.2 Å². The molecule has 2 atom stereocenters. The zero-order valence-corrected chi connectivity index (χ0v) is 16.4. The summed E-state index contributed by atoms with van der Waals surface area (Å²) in [6.45, 7) is 4.03. The molecule has 1 saturated heterocycles. The first-order valence-corrected chi connectivity index (χ1v) is 8.68. The van der Waals surface area contributed by atoms with E-state index in [1.54, 1.807) is 18.3 Å². The summed E-state index contributed by atoms with van der Waals surface area (Å²) in [6.07, 6.45) is 3.66. The van der Waals surface area contributed by atoms with Crippen molar-refractivity contribution >= 4 is 41.5 Å². The number of benzene rings is 1. The standard InChI is InChI=1S/C17H20Cl2N4O.ClH/c1-11(12-3-4-13(18)14(19)9-12)17(24)23-8-5-20-10-15(23)16-21-6-7-22(16)2;/h3-4,6-7,9,11,15,20H,5,8,10H2,1-2H3;1H. The van der Waals surface area contributed by atoms with Gasteiger partial charge in [0.25, 0.3) is 0 Å². The number of carbonyl (C=O) groups excluding carboxylic acids is 1. The van der Waals surface area contributed by atoms with E-state index >= 15 is 0 Å². The maximum absolute atomic E-state index is 13.1. The molecule has 0 aliphatic carbocycles. The van der Waals surface area contributed by atoms with Gasteiger partial charge in [-0.25, -0.2) is 4.98 Å². The third-order valence-electron chi connectivity index (χ3n) is 4.50. The van der Waals surface area contributed by atoms with Crippen LogP contribution in [0.15, 0.2) is 30.6 Å². The SMILES string of the molecule is CC(C(=O)N1CCNCC1c1nccn1C)c1ccc(Cl)c(Cl)c1.Cl. The fraction of sp³-hybridized carbons (Fsp3) is 0.412. The van der Waals surface area contributed by atoms with Gasteiger partial charge in [0.2, 0.25) is 5.91 Å². The third kappa shape index (κ3) is 4.11. The summed E-state index contributed by atoms with van der Waals surface area (Å²) in [7, 11) is 1.95. The van der Waals surface area contributed by atoms with E-state index < -0.39 is 0 Å². The molecule has 2 aromatic rings. The second-order valence-electron chi connectivity index (χ2n) is 6.04. The maximum atomic E-state index is 13.1. The Bertz CT molecular complexity index is 749. The molecule has 2 heterocycles. The minimum absolute atomic E-state index is 0. The van der Waals surface area contributed by atoms with Gasteiger partial charge in [-0.15, -0.1) is 12.4 Å². The molecule has 25 heavy (non-hydrogen) atoms. The molecule has 1 aromatic heterocycles. The van der Waals surface area contributed by atoms with Gasteiger partial charge < -0.3 is 14.8 Å². The number of hydrogen-bond acceptors (Lipinski definition) is 3. The molecule has 2 unspecified atom stereocenters. The maximum Gasteiger partial charge on any atom is 0.230 e. The largest absolute Gasteiger partial charge is 0.336 e. The van der Waals surface area contributed by atoms with Crippen molar-refractivity contribution in [3.8, 4) is 0 Å². The molecule has 0 bridgehead atoms. The Morgan fingerprint density at radius 3 is 2.76 bits per heavy atom. The molecule has 1 aliphatic rings. The summed E-state index contributed by atoms with van der Waals surface area (Å²) < 4.78 is 1.96. The zero-order valence-electron chi connectivity index (χ0n) is 14.1. The Kier molecular flexibility index (Phi) is 6.74. The lowest BCUT2D eigenvalue weighted by atomic mass is 9.98. The molecule has 0 radical (unpaired) electrons. The van der Waals surface area contributed by atoms with Gasteiger partial charge in [0.05, 0.1) is 16.0 Å². The van der Waals surface area contributed by atoms with Crippen LogP contribution >= 0.6 is 35.6 Å². The highest BCUT2D eigenvalue weighted by molar-refractivity contribution is 6.42. The smallest absolute Gasteiger partial charge is 0.230 e. The molecular formula is C17H21Cl3N4O. The molecule has 5 nitrogen and oxygen atoms in total. The van der Waals surface area contributed by atoms with Crippen LogP contribution in [0.4, 0.5) is 0 Å². The average molecular weight is 404 g/mol. The van der Waals surface area contributed by atoms with Crippen molar-refractivity contribution in [2.24, 2.45) is 7.05 Å². The van der Waals surface area contributed by atoms with E-state index in [1.807, 2.05) is 35.7 Å². The Hall–Kier alpha value is -1.27. The first-order valence-electron chi connectivity index (χ1n) is 7.92. The second-order valence-corrected chi connectivity index (χ2v) is 6.86. The van der Waals surface area contributed by atoms with Crippen molar-refractivity contribution in [1.82, 2.24) is 19.8 Å². The minimum atomic E-state index is -0.291. The molecule has 1 aliphatic heterocycles. The number of amides is 1. The monoisotopic (exact) mass is 402 g/mol. The summed E-state index contributed by atoms with van der Waals surface area (Å²) in [4.78, 5) is 19.4. The Morgan fingerprint density at radius 1 is 1.36 bits per heavy atom. The number of nitrogens with one attached hydrogen (secondary N) is 1. The third-order valence-corrected chi connectivity index (χ3v) is 5.24. The van der Waals surface area contributed by atoms with Crippen LogP contribution in [0.25, 0.3) is 0 Å². The van der Waals surface area contributed by atoms with Crippen LogP contribution < -0.4 is 5.32 Å². The number of rotatable bonds is 3. The number of carbonyl (C=O) groups is 1. The molecule has 3 rings (SSSR count). The number of aryl methyl sites for hydroxylation is 1. The summed E-state index contributed by atoms with van der Waals surface area (Å²) in [5, 5.41) is 4.31. The highest BCUT2D eigenvalue weighted by Crippen LogP contribution is 2.30. The van der Waals surface area contributed by atoms with Gasteiger partial charge in [0, 0.05) is 39.1 Å². The lowest BCUT2D eigenvalue weighted by Gasteiger charge is -2.37. The van der Waals surface area contributed by atoms with Crippen LogP contribution in [-0.2, 0) is 11.8 Å². The summed E-state index contributed by atoms with van der Waals surface area (Å²) >= 11 is 12.1. The fourth-order valence-electron chi connectivity index (χ4n) is 3.07. The van der Waals surface area contributed by atoms with Crippen molar-refractivity contribution in [2.45, 2.75) is 18.9 Å². The normalized spacial score (nSPS) is 18.6. The van der Waals surface area contributed by atoms with E-state index in [1.165, 1.54) is 0 Å². The molecule has 0 spiro atoms. The number of piperazine rings is 1. The minimum Gasteiger partial charge on any atom is -0.336 e. The van der Waals surface area contributed by atoms with E-state index in [0.717, 1.165) is 17.9 Å². The van der Waals surface area contributed by atoms with Gasteiger partial charge in [0.1, 0.15) is 11.9 Å². The Morgan fingerprint density at radius 2 is 2.12 bits per heavy atom. The van der Waals surface area contributed by atoms with Gasteiger partial charge in [0.15, 0.2) is 0 Å². The van der Waals surface area contributed by atoms with Crippen molar-refractivity contribution in [1.29, 1.82) is 0 Å². The van der Waals surface area contributed by atoms with E-state index in [9.17, 15) is 4.79 Å². The van der Waals surface area contributed by atoms with Crippen LogP contribution in [0.1, 0.15) is 30.3 Å². The predicted octanol–water partition coefficient (Wildman–Crippen LogP) is 3.43. The van der Waals surface area contributed by atoms with Crippen molar-refractivity contribution in [2.75, 3.05) is 19.6 Å².